The van der Waals surface area contributed by atoms with Crippen molar-refractivity contribution < 1.29 is 27.1 Å². The number of aromatic nitrogens is 1. The van der Waals surface area contributed by atoms with Crippen molar-refractivity contribution in [2.45, 2.75) is 62.4 Å². The number of carbonyl (C=O) groups excluding carboxylic acids is 1. The van der Waals surface area contributed by atoms with Crippen LogP contribution in [0.15, 0.2) is 65.6 Å². The van der Waals surface area contributed by atoms with Gasteiger partial charge in [0, 0.05) is 11.6 Å². The van der Waals surface area contributed by atoms with E-state index < -0.39 is 27.2 Å². The molecule has 0 aliphatic carbocycles. The molecular weight excluding hydrogens is 545 g/mol. The normalized spacial score (nSPS) is 19.4. The van der Waals surface area contributed by atoms with Crippen LogP contribution in [0.25, 0.3) is 0 Å². The summed E-state index contributed by atoms with van der Waals surface area (Å²) < 4.78 is 55.7. The molecule has 0 bridgehead atoms. The lowest BCUT2D eigenvalue weighted by atomic mass is 9.73. The molecule has 8 nitrogen and oxygen atoms in total. The van der Waals surface area contributed by atoms with Crippen molar-refractivity contribution in [2.24, 2.45) is 5.92 Å². The molecule has 0 spiro atoms. The number of rotatable bonds is 10. The van der Waals surface area contributed by atoms with Crippen LogP contribution < -0.4 is 19.1 Å². The fraction of sp³-hybridized carbons (Fsp3) is 0.419. The van der Waals surface area contributed by atoms with Crippen LogP contribution in [0.2, 0.25) is 0 Å². The standard InChI is InChI=1S/C31H36FN3O5S/c1-21(2)40-23-10-12-24(13-11-23)41(37,38)35-27-14-15-28(39-3)34-29(27)31(30(35)36,25-8-4-5-9-26(25)32)18-6-7-22-16-19-33-20-17-22/h4-5,8-15,21-22,33H,6-7,16-20H2,1-3H3. The molecule has 1 saturated heterocycles. The topological polar surface area (TPSA) is 97.8 Å². The molecule has 2 aromatic carbocycles. The number of hydrogen-bond acceptors (Lipinski definition) is 7. The number of benzene rings is 2. The molecule has 1 unspecified atom stereocenters. The van der Waals surface area contributed by atoms with Gasteiger partial charge in [-0.2, -0.15) is 4.31 Å². The molecule has 10 heteroatoms. The molecule has 2 aliphatic rings. The number of nitrogens with one attached hydrogen (secondary N) is 1. The molecular formula is C31H36FN3O5S. The number of anilines is 1. The Bertz CT molecular complexity index is 1510. The third kappa shape index (κ3) is 5.42. The third-order valence-electron chi connectivity index (χ3n) is 7.92. The average Bonchev–Trinajstić information content (AvgIpc) is 3.21. The first-order valence-electron chi connectivity index (χ1n) is 14.1. The third-order valence-corrected chi connectivity index (χ3v) is 9.63. The highest BCUT2D eigenvalue weighted by Crippen LogP contribution is 2.51. The predicted molar refractivity (Wildman–Crippen MR) is 154 cm³/mol. The van der Waals surface area contributed by atoms with Gasteiger partial charge in [0.2, 0.25) is 5.88 Å². The van der Waals surface area contributed by atoms with Crippen molar-refractivity contribution in [1.82, 2.24) is 10.3 Å². The predicted octanol–water partition coefficient (Wildman–Crippen LogP) is 5.21. The van der Waals surface area contributed by atoms with E-state index in [1.807, 2.05) is 13.8 Å². The first kappa shape index (κ1) is 29.0. The second-order valence-corrected chi connectivity index (χ2v) is 12.7. The van der Waals surface area contributed by atoms with E-state index in [1.54, 1.807) is 30.3 Å². The van der Waals surface area contributed by atoms with Crippen molar-refractivity contribution in [3.8, 4) is 11.6 Å². The van der Waals surface area contributed by atoms with Gasteiger partial charge in [0.05, 0.1) is 29.5 Å². The lowest BCUT2D eigenvalue weighted by Crippen LogP contribution is -2.44. The number of amides is 1. The molecule has 3 aromatic rings. The Hall–Kier alpha value is -3.50. The number of hydrogen-bond donors (Lipinski definition) is 1. The Morgan fingerprint density at radius 3 is 2.44 bits per heavy atom. The highest BCUT2D eigenvalue weighted by molar-refractivity contribution is 7.93. The minimum absolute atomic E-state index is 0.0808. The number of ether oxygens (including phenoxy) is 2. The van der Waals surface area contributed by atoms with Crippen molar-refractivity contribution in [3.05, 3.63) is 77.7 Å². The molecule has 3 heterocycles. The SMILES string of the molecule is COc1ccc2c(n1)C(CCCC1CCNCC1)(c1ccccc1F)C(=O)N2S(=O)(=O)c1ccc(OC(C)C)cc1. The van der Waals surface area contributed by atoms with Crippen LogP contribution in [0.1, 0.15) is 57.2 Å². The van der Waals surface area contributed by atoms with Gasteiger partial charge in [0.25, 0.3) is 15.9 Å². The Labute approximate surface area is 240 Å². The summed E-state index contributed by atoms with van der Waals surface area (Å²) in [6, 6.07) is 15.0. The van der Waals surface area contributed by atoms with E-state index in [2.05, 4.69) is 10.3 Å². The van der Waals surface area contributed by atoms with Crippen LogP contribution in [0.5, 0.6) is 11.6 Å². The Morgan fingerprint density at radius 1 is 1.07 bits per heavy atom. The second kappa shape index (κ2) is 11.8. The van der Waals surface area contributed by atoms with Crippen LogP contribution in [0, 0.1) is 11.7 Å². The molecule has 1 fully saturated rings. The van der Waals surface area contributed by atoms with E-state index in [4.69, 9.17) is 9.47 Å². The van der Waals surface area contributed by atoms with Gasteiger partial charge in [-0.25, -0.2) is 17.8 Å². The molecule has 41 heavy (non-hydrogen) atoms. The van der Waals surface area contributed by atoms with E-state index >= 15 is 4.39 Å². The van der Waals surface area contributed by atoms with Crippen LogP contribution in [0.4, 0.5) is 10.1 Å². The van der Waals surface area contributed by atoms with E-state index in [0.717, 1.165) is 36.7 Å². The monoisotopic (exact) mass is 581 g/mol. The highest BCUT2D eigenvalue weighted by Gasteiger charge is 2.58. The maximum Gasteiger partial charge on any atom is 0.271 e. The minimum Gasteiger partial charge on any atom is -0.491 e. The summed E-state index contributed by atoms with van der Waals surface area (Å²) in [4.78, 5) is 19.2. The van der Waals surface area contributed by atoms with Gasteiger partial charge in [-0.1, -0.05) is 31.0 Å². The minimum atomic E-state index is -4.39. The second-order valence-electron chi connectivity index (χ2n) is 10.9. The Balaban J connectivity index is 1.62. The summed E-state index contributed by atoms with van der Waals surface area (Å²) in [6.45, 7) is 5.63. The number of methoxy groups -OCH3 is 1. The summed E-state index contributed by atoms with van der Waals surface area (Å²) in [5.41, 5.74) is -1.25. The van der Waals surface area contributed by atoms with Crippen LogP contribution in [0.3, 0.4) is 0 Å². The quantitative estimate of drug-likeness (QED) is 0.351. The van der Waals surface area contributed by atoms with Gasteiger partial charge in [-0.3, -0.25) is 4.79 Å². The molecule has 1 amide bonds. The smallest absolute Gasteiger partial charge is 0.271 e. The fourth-order valence-corrected chi connectivity index (χ4v) is 7.42. The summed E-state index contributed by atoms with van der Waals surface area (Å²) in [6.07, 6.45) is 3.61. The highest BCUT2D eigenvalue weighted by atomic mass is 32.2. The molecule has 1 N–H and O–H groups in total. The van der Waals surface area contributed by atoms with Crippen LogP contribution in [-0.4, -0.2) is 45.6 Å². The lowest BCUT2D eigenvalue weighted by molar-refractivity contribution is -0.121. The van der Waals surface area contributed by atoms with Gasteiger partial charge in [-0.05, 0) is 88.5 Å². The molecule has 1 aromatic heterocycles. The number of pyridine rings is 1. The zero-order valence-corrected chi connectivity index (χ0v) is 24.4. The maximum atomic E-state index is 15.6. The molecule has 0 saturated carbocycles. The van der Waals surface area contributed by atoms with Gasteiger partial charge in [0.1, 0.15) is 17.0 Å². The van der Waals surface area contributed by atoms with Crippen LogP contribution in [-0.2, 0) is 20.2 Å². The molecule has 5 rings (SSSR count). The summed E-state index contributed by atoms with van der Waals surface area (Å²) in [5, 5.41) is 3.36. The van der Waals surface area contributed by atoms with Crippen molar-refractivity contribution >= 4 is 21.6 Å². The largest absolute Gasteiger partial charge is 0.491 e. The summed E-state index contributed by atoms with van der Waals surface area (Å²) in [7, 11) is -2.94. The van der Waals surface area contributed by atoms with E-state index in [0.29, 0.717) is 18.1 Å². The number of piperidine rings is 1. The Morgan fingerprint density at radius 2 is 1.78 bits per heavy atom. The molecule has 2 aliphatic heterocycles. The van der Waals surface area contributed by atoms with E-state index in [1.165, 1.54) is 37.4 Å². The first-order chi connectivity index (χ1) is 19.7. The number of halogens is 1. The van der Waals surface area contributed by atoms with Crippen molar-refractivity contribution in [1.29, 1.82) is 0 Å². The lowest BCUT2D eigenvalue weighted by Gasteiger charge is -2.30. The average molecular weight is 582 g/mol. The van der Waals surface area contributed by atoms with Crippen LogP contribution >= 0.6 is 0 Å². The molecule has 0 radical (unpaired) electrons. The van der Waals surface area contributed by atoms with E-state index in [-0.39, 0.29) is 40.2 Å². The number of nitrogens with zero attached hydrogens (tertiary/aromatic N) is 2. The zero-order valence-electron chi connectivity index (χ0n) is 23.6. The van der Waals surface area contributed by atoms with Crippen molar-refractivity contribution in [2.75, 3.05) is 24.5 Å². The summed E-state index contributed by atoms with van der Waals surface area (Å²) in [5.74, 6) is -0.129. The molecule has 1 atom stereocenters. The Kier molecular flexibility index (Phi) is 8.33. The zero-order chi connectivity index (χ0) is 29.2. The van der Waals surface area contributed by atoms with Gasteiger partial charge >= 0.3 is 0 Å². The summed E-state index contributed by atoms with van der Waals surface area (Å²) >= 11 is 0. The number of sulfonamides is 1. The van der Waals surface area contributed by atoms with E-state index in [9.17, 15) is 13.2 Å². The number of fused-ring (bicyclic) bond motifs is 1. The van der Waals surface area contributed by atoms with Crippen molar-refractivity contribution in [3.63, 3.8) is 0 Å². The fourth-order valence-electron chi connectivity index (χ4n) is 5.95. The van der Waals surface area contributed by atoms with Gasteiger partial charge < -0.3 is 14.8 Å². The maximum absolute atomic E-state index is 15.6. The molecule has 218 valence electrons. The van der Waals surface area contributed by atoms with Gasteiger partial charge in [0.15, 0.2) is 0 Å². The first-order valence-corrected chi connectivity index (χ1v) is 15.5. The number of carbonyl (C=O) groups is 1. The van der Waals surface area contributed by atoms with Gasteiger partial charge in [-0.15, -0.1) is 0 Å².